The zero-order chi connectivity index (χ0) is 20.8. The average molecular weight is 392 g/mol. The van der Waals surface area contributed by atoms with Gasteiger partial charge in [0.25, 0.3) is 0 Å². The Morgan fingerprint density at radius 2 is 1.79 bits per heavy atom. The fraction of sp³-hybridized carbons (Fsp3) is 0.577. The fourth-order valence-corrected chi connectivity index (χ4v) is 5.13. The minimum atomic E-state index is 0.563. The third-order valence-electron chi connectivity index (χ3n) is 7.04. The second kappa shape index (κ2) is 10.0. The van der Waals surface area contributed by atoms with Crippen LogP contribution >= 0.6 is 0 Å². The number of rotatable bonds is 7. The maximum atomic E-state index is 9.04. The number of hydrogen-bond acceptors (Lipinski definition) is 3. The highest BCUT2D eigenvalue weighted by atomic mass is 15.2. The van der Waals surface area contributed by atoms with Gasteiger partial charge in [0, 0.05) is 37.8 Å². The Balaban J connectivity index is 1.48. The van der Waals surface area contributed by atoms with E-state index in [9.17, 15) is 0 Å². The molecule has 0 radical (unpaired) electrons. The van der Waals surface area contributed by atoms with Gasteiger partial charge in [0.2, 0.25) is 0 Å². The molecule has 0 saturated carbocycles. The second-order valence-electron chi connectivity index (χ2n) is 8.90. The van der Waals surface area contributed by atoms with Gasteiger partial charge >= 0.3 is 0 Å². The van der Waals surface area contributed by atoms with E-state index in [1.807, 2.05) is 4.90 Å². The SMILES string of the molecule is C=C(C)c1cccc(CCC2CCN(C(=C)C3CCN(C#N)CC3)CC2)c1CC. The zero-order valence-electron chi connectivity index (χ0n) is 18.4. The van der Waals surface area contributed by atoms with Crippen molar-refractivity contribution in [1.29, 1.82) is 5.26 Å². The third kappa shape index (κ3) is 5.24. The number of nitrogens with zero attached hydrogens (tertiary/aromatic N) is 3. The van der Waals surface area contributed by atoms with Gasteiger partial charge in [0.1, 0.15) is 0 Å². The van der Waals surface area contributed by atoms with Gasteiger partial charge in [-0.3, -0.25) is 0 Å². The van der Waals surface area contributed by atoms with E-state index in [4.69, 9.17) is 5.26 Å². The van der Waals surface area contributed by atoms with Crippen molar-refractivity contribution in [3.05, 3.63) is 53.7 Å². The topological polar surface area (TPSA) is 30.3 Å². The number of hydrogen-bond donors (Lipinski definition) is 0. The minimum Gasteiger partial charge on any atom is -0.375 e. The Bertz CT molecular complexity index is 757. The molecule has 29 heavy (non-hydrogen) atoms. The van der Waals surface area contributed by atoms with Crippen LogP contribution in [-0.2, 0) is 12.8 Å². The molecule has 2 fully saturated rings. The highest BCUT2D eigenvalue weighted by Gasteiger charge is 2.27. The van der Waals surface area contributed by atoms with Crippen molar-refractivity contribution >= 4 is 5.57 Å². The number of nitriles is 1. The smallest absolute Gasteiger partial charge is 0.179 e. The molecule has 0 bridgehead atoms. The van der Waals surface area contributed by atoms with Gasteiger partial charge in [-0.15, -0.1) is 0 Å². The largest absolute Gasteiger partial charge is 0.375 e. The molecule has 2 aliphatic rings. The Hall–Kier alpha value is -2.21. The van der Waals surface area contributed by atoms with Gasteiger partial charge in [0.05, 0.1) is 0 Å². The molecule has 156 valence electrons. The van der Waals surface area contributed by atoms with Crippen molar-refractivity contribution in [2.24, 2.45) is 11.8 Å². The van der Waals surface area contributed by atoms with Crippen LogP contribution in [0.1, 0.15) is 62.6 Å². The van der Waals surface area contributed by atoms with Crippen molar-refractivity contribution in [2.75, 3.05) is 26.2 Å². The number of benzene rings is 1. The van der Waals surface area contributed by atoms with Crippen LogP contribution in [0, 0.1) is 23.3 Å². The summed E-state index contributed by atoms with van der Waals surface area (Å²) < 4.78 is 0. The van der Waals surface area contributed by atoms with Gasteiger partial charge in [-0.25, -0.2) is 0 Å². The summed E-state index contributed by atoms with van der Waals surface area (Å²) in [5, 5.41) is 9.04. The van der Waals surface area contributed by atoms with E-state index >= 15 is 0 Å². The van der Waals surface area contributed by atoms with Gasteiger partial charge < -0.3 is 9.80 Å². The van der Waals surface area contributed by atoms with Crippen molar-refractivity contribution in [3.8, 4) is 6.19 Å². The van der Waals surface area contributed by atoms with Crippen molar-refractivity contribution < 1.29 is 0 Å². The Kier molecular flexibility index (Phi) is 7.42. The molecule has 0 atom stereocenters. The minimum absolute atomic E-state index is 0.563. The monoisotopic (exact) mass is 391 g/mol. The third-order valence-corrected chi connectivity index (χ3v) is 7.04. The summed E-state index contributed by atoms with van der Waals surface area (Å²) in [5.41, 5.74) is 6.86. The Morgan fingerprint density at radius 3 is 2.38 bits per heavy atom. The first-order valence-corrected chi connectivity index (χ1v) is 11.4. The van der Waals surface area contributed by atoms with E-state index in [0.717, 1.165) is 51.4 Å². The first kappa shape index (κ1) is 21.5. The van der Waals surface area contributed by atoms with E-state index in [2.05, 4.69) is 56.3 Å². The Labute approximate surface area is 177 Å². The Morgan fingerprint density at radius 1 is 1.10 bits per heavy atom. The van der Waals surface area contributed by atoms with Crippen LogP contribution in [0.3, 0.4) is 0 Å². The average Bonchev–Trinajstić information content (AvgIpc) is 2.77. The summed E-state index contributed by atoms with van der Waals surface area (Å²) in [5.74, 6) is 1.38. The van der Waals surface area contributed by atoms with Crippen molar-refractivity contribution in [3.63, 3.8) is 0 Å². The summed E-state index contributed by atoms with van der Waals surface area (Å²) in [6.07, 6.45) is 10.5. The molecular formula is C26H37N3. The molecule has 0 N–H and O–H groups in total. The molecule has 0 amide bonds. The van der Waals surface area contributed by atoms with E-state index in [1.54, 1.807) is 0 Å². The molecule has 2 saturated heterocycles. The molecule has 3 nitrogen and oxygen atoms in total. The maximum Gasteiger partial charge on any atom is 0.179 e. The first-order valence-electron chi connectivity index (χ1n) is 11.4. The van der Waals surface area contributed by atoms with Crippen molar-refractivity contribution in [1.82, 2.24) is 9.80 Å². The van der Waals surface area contributed by atoms with Crippen LogP contribution in [0.2, 0.25) is 0 Å². The molecule has 3 heteroatoms. The van der Waals surface area contributed by atoms with Gasteiger partial charge in [-0.1, -0.05) is 43.9 Å². The van der Waals surface area contributed by atoms with Crippen LogP contribution in [0.15, 0.2) is 37.1 Å². The summed E-state index contributed by atoms with van der Waals surface area (Å²) in [6, 6.07) is 6.73. The molecule has 0 aliphatic carbocycles. The standard InChI is InChI=1S/C26H37N3/c1-5-25-24(7-6-8-26(25)20(2)3)10-9-22-11-17-29(18-12-22)21(4)23-13-15-28(19-27)16-14-23/h6-8,22-23H,2,4-5,9-18H2,1,3H3. The lowest BCUT2D eigenvalue weighted by Gasteiger charge is -2.39. The van der Waals surface area contributed by atoms with Crippen LogP contribution in [0.5, 0.6) is 0 Å². The summed E-state index contributed by atoms with van der Waals surface area (Å²) >= 11 is 0. The number of aryl methyl sites for hydroxylation is 1. The van der Waals surface area contributed by atoms with Gasteiger partial charge in [-0.05, 0) is 74.5 Å². The van der Waals surface area contributed by atoms with Crippen LogP contribution < -0.4 is 0 Å². The van der Waals surface area contributed by atoms with E-state index < -0.39 is 0 Å². The molecule has 2 aliphatic heterocycles. The fourth-order valence-electron chi connectivity index (χ4n) is 5.13. The predicted octanol–water partition coefficient (Wildman–Crippen LogP) is 5.63. The van der Waals surface area contributed by atoms with E-state index in [0.29, 0.717) is 5.92 Å². The zero-order valence-corrected chi connectivity index (χ0v) is 18.4. The van der Waals surface area contributed by atoms with Crippen LogP contribution in [-0.4, -0.2) is 36.0 Å². The van der Waals surface area contributed by atoms with Crippen LogP contribution in [0.4, 0.5) is 0 Å². The van der Waals surface area contributed by atoms with Gasteiger partial charge in [0.15, 0.2) is 6.19 Å². The van der Waals surface area contributed by atoms with Crippen molar-refractivity contribution in [2.45, 2.75) is 58.8 Å². The molecular weight excluding hydrogens is 354 g/mol. The number of likely N-dealkylation sites (tertiary alicyclic amines) is 2. The number of piperidine rings is 2. The van der Waals surface area contributed by atoms with E-state index in [1.165, 1.54) is 53.6 Å². The lowest BCUT2D eigenvalue weighted by molar-refractivity contribution is 0.178. The number of allylic oxidation sites excluding steroid dienone is 2. The van der Waals surface area contributed by atoms with E-state index in [-0.39, 0.29) is 0 Å². The predicted molar refractivity (Wildman–Crippen MR) is 122 cm³/mol. The lowest BCUT2D eigenvalue weighted by Crippen LogP contribution is -2.38. The molecule has 1 aromatic carbocycles. The molecule has 2 heterocycles. The molecule has 0 spiro atoms. The highest BCUT2D eigenvalue weighted by Crippen LogP contribution is 2.31. The van der Waals surface area contributed by atoms with Crippen LogP contribution in [0.25, 0.3) is 5.57 Å². The normalized spacial score (nSPS) is 18.5. The molecule has 3 rings (SSSR count). The van der Waals surface area contributed by atoms with Gasteiger partial charge in [-0.2, -0.15) is 5.26 Å². The maximum absolute atomic E-state index is 9.04. The summed E-state index contributed by atoms with van der Waals surface area (Å²) in [4.78, 5) is 4.41. The second-order valence-corrected chi connectivity index (χ2v) is 8.90. The quantitative estimate of drug-likeness (QED) is 0.564. The molecule has 0 aromatic heterocycles. The molecule has 1 aromatic rings. The summed E-state index contributed by atoms with van der Waals surface area (Å²) in [6.45, 7) is 17.0. The molecule has 0 unspecified atom stereocenters. The highest BCUT2D eigenvalue weighted by molar-refractivity contribution is 5.65. The first-order chi connectivity index (χ1) is 14.0. The summed E-state index contributed by atoms with van der Waals surface area (Å²) in [7, 11) is 0. The lowest BCUT2D eigenvalue weighted by atomic mass is 9.86.